The van der Waals surface area contributed by atoms with Gasteiger partial charge in [-0.1, -0.05) is 12.1 Å². The number of nitrogens with two attached hydrogens (primary N) is 1. The minimum Gasteiger partial charge on any atom is -0.398 e. The molecule has 0 aliphatic rings. The van der Waals surface area contributed by atoms with E-state index in [-0.39, 0.29) is 16.4 Å². The number of pyridine rings is 1. The maximum absolute atomic E-state index is 12.8. The van der Waals surface area contributed by atoms with E-state index < -0.39 is 16.1 Å². The van der Waals surface area contributed by atoms with E-state index in [2.05, 4.69) is 9.71 Å². The number of nitrogen functional groups attached to an aromatic ring is 1. The van der Waals surface area contributed by atoms with Crippen molar-refractivity contribution in [1.82, 2.24) is 9.71 Å². The molecule has 1 atom stereocenters. The van der Waals surface area contributed by atoms with Crippen LogP contribution in [-0.4, -0.2) is 13.4 Å². The smallest absolute Gasteiger partial charge is 0.244 e. The maximum atomic E-state index is 12.8. The minimum atomic E-state index is -3.78. The number of halogens is 1. The molecule has 5 nitrogen and oxygen atoms in total. The van der Waals surface area contributed by atoms with Crippen LogP contribution in [0, 0.1) is 5.82 Å². The molecule has 0 fully saturated rings. The van der Waals surface area contributed by atoms with Gasteiger partial charge in [0.15, 0.2) is 0 Å². The van der Waals surface area contributed by atoms with Gasteiger partial charge in [0.1, 0.15) is 10.7 Å². The van der Waals surface area contributed by atoms with Gasteiger partial charge in [-0.15, -0.1) is 0 Å². The fraction of sp³-hybridized carbons (Fsp3) is 0.154. The lowest BCUT2D eigenvalue weighted by Gasteiger charge is -2.15. The van der Waals surface area contributed by atoms with E-state index in [1.165, 1.54) is 42.7 Å². The maximum Gasteiger partial charge on any atom is 0.244 e. The molecule has 1 aromatic heterocycles. The fourth-order valence-electron chi connectivity index (χ4n) is 1.73. The van der Waals surface area contributed by atoms with Crippen LogP contribution in [-0.2, 0) is 10.0 Å². The van der Waals surface area contributed by atoms with Gasteiger partial charge in [0.25, 0.3) is 0 Å². The first-order chi connectivity index (χ1) is 9.40. The molecule has 0 saturated carbocycles. The molecule has 0 spiro atoms. The van der Waals surface area contributed by atoms with Crippen LogP contribution in [0.25, 0.3) is 0 Å². The van der Waals surface area contributed by atoms with Crippen LogP contribution in [0.15, 0.2) is 47.6 Å². The number of nitrogens with zero attached hydrogens (tertiary/aromatic N) is 1. The zero-order valence-corrected chi connectivity index (χ0v) is 11.6. The highest BCUT2D eigenvalue weighted by atomic mass is 32.2. The summed E-state index contributed by atoms with van der Waals surface area (Å²) in [5, 5.41) is 0. The van der Waals surface area contributed by atoms with Crippen molar-refractivity contribution in [2.24, 2.45) is 0 Å². The summed E-state index contributed by atoms with van der Waals surface area (Å²) in [4.78, 5) is 3.68. The average Bonchev–Trinajstić information content (AvgIpc) is 2.39. The summed E-state index contributed by atoms with van der Waals surface area (Å²) in [5.74, 6) is -0.375. The summed E-state index contributed by atoms with van der Waals surface area (Å²) >= 11 is 0. The van der Waals surface area contributed by atoms with Gasteiger partial charge in [-0.3, -0.25) is 4.98 Å². The molecule has 0 amide bonds. The lowest BCUT2D eigenvalue weighted by molar-refractivity contribution is 0.566. The normalized spacial score (nSPS) is 13.1. The zero-order chi connectivity index (χ0) is 14.8. The molecule has 1 heterocycles. The van der Waals surface area contributed by atoms with Crippen LogP contribution >= 0.6 is 0 Å². The lowest BCUT2D eigenvalue weighted by atomic mass is 10.1. The van der Waals surface area contributed by atoms with E-state index in [1.54, 1.807) is 6.92 Å². The van der Waals surface area contributed by atoms with E-state index in [0.29, 0.717) is 5.56 Å². The van der Waals surface area contributed by atoms with Crippen molar-refractivity contribution in [2.45, 2.75) is 17.9 Å². The molecule has 106 valence electrons. The number of nitrogens with one attached hydrogen (secondary N) is 1. The van der Waals surface area contributed by atoms with Gasteiger partial charge < -0.3 is 5.73 Å². The van der Waals surface area contributed by atoms with Crippen molar-refractivity contribution in [2.75, 3.05) is 5.73 Å². The summed E-state index contributed by atoms with van der Waals surface area (Å²) in [6, 6.07) is 6.50. The van der Waals surface area contributed by atoms with Crippen molar-refractivity contribution in [3.63, 3.8) is 0 Å². The Morgan fingerprint density at radius 1 is 1.25 bits per heavy atom. The van der Waals surface area contributed by atoms with Gasteiger partial charge in [-0.05, 0) is 30.7 Å². The molecule has 0 aliphatic heterocycles. The summed E-state index contributed by atoms with van der Waals surface area (Å²) in [5.41, 5.74) is 6.41. The quantitative estimate of drug-likeness (QED) is 0.901. The molecule has 0 saturated heterocycles. The van der Waals surface area contributed by atoms with Crippen molar-refractivity contribution in [1.29, 1.82) is 0 Å². The summed E-state index contributed by atoms with van der Waals surface area (Å²) < 4.78 is 39.7. The highest BCUT2D eigenvalue weighted by molar-refractivity contribution is 7.89. The molecule has 1 unspecified atom stereocenters. The Morgan fingerprint density at radius 2 is 1.90 bits per heavy atom. The standard InChI is InChI=1S/C13H14FN3O2S/c1-9(10-2-4-11(14)5-3-10)17-20(18,19)13-8-16-7-6-12(13)15/h2-9,17H,1H3,(H2,15,16). The Labute approximate surface area is 116 Å². The van der Waals surface area contributed by atoms with Crippen LogP contribution in [0.3, 0.4) is 0 Å². The Morgan fingerprint density at radius 3 is 2.50 bits per heavy atom. The largest absolute Gasteiger partial charge is 0.398 e. The molecular formula is C13H14FN3O2S. The molecule has 0 aliphatic carbocycles. The molecule has 3 N–H and O–H groups in total. The van der Waals surface area contributed by atoms with Crippen molar-refractivity contribution < 1.29 is 12.8 Å². The van der Waals surface area contributed by atoms with Crippen LogP contribution in [0.4, 0.5) is 10.1 Å². The second kappa shape index (κ2) is 5.56. The molecule has 1 aromatic carbocycles. The Hall–Kier alpha value is -1.99. The molecule has 0 bridgehead atoms. The van der Waals surface area contributed by atoms with Crippen molar-refractivity contribution in [3.05, 3.63) is 54.1 Å². The van der Waals surface area contributed by atoms with Gasteiger partial charge in [-0.2, -0.15) is 0 Å². The van der Waals surface area contributed by atoms with Crippen LogP contribution < -0.4 is 10.5 Å². The van der Waals surface area contributed by atoms with Crippen molar-refractivity contribution >= 4 is 15.7 Å². The Balaban J connectivity index is 2.24. The van der Waals surface area contributed by atoms with Gasteiger partial charge in [0, 0.05) is 18.4 Å². The number of sulfonamides is 1. The number of rotatable bonds is 4. The minimum absolute atomic E-state index is 0.0750. The van der Waals surface area contributed by atoms with Crippen molar-refractivity contribution in [3.8, 4) is 0 Å². The van der Waals surface area contributed by atoms with Crippen LogP contribution in [0.2, 0.25) is 0 Å². The molecule has 7 heteroatoms. The highest BCUT2D eigenvalue weighted by Gasteiger charge is 2.20. The van der Waals surface area contributed by atoms with Crippen LogP contribution in [0.5, 0.6) is 0 Å². The van der Waals surface area contributed by atoms with Crippen LogP contribution in [0.1, 0.15) is 18.5 Å². The second-order valence-corrected chi connectivity index (χ2v) is 5.99. The summed E-state index contributed by atoms with van der Waals surface area (Å²) in [7, 11) is -3.78. The Bertz CT molecular complexity index is 702. The third-order valence-corrected chi connectivity index (χ3v) is 4.39. The third-order valence-electron chi connectivity index (χ3n) is 2.81. The van der Waals surface area contributed by atoms with E-state index >= 15 is 0 Å². The predicted molar refractivity (Wildman–Crippen MR) is 73.8 cm³/mol. The number of anilines is 1. The molecular weight excluding hydrogens is 281 g/mol. The first kappa shape index (κ1) is 14.4. The molecule has 2 aromatic rings. The van der Waals surface area contributed by atoms with E-state index in [0.717, 1.165) is 0 Å². The van der Waals surface area contributed by atoms with E-state index in [4.69, 9.17) is 5.73 Å². The van der Waals surface area contributed by atoms with Gasteiger partial charge in [0.2, 0.25) is 10.0 Å². The molecule has 0 radical (unpaired) electrons. The zero-order valence-electron chi connectivity index (χ0n) is 10.7. The number of aromatic nitrogens is 1. The first-order valence-corrected chi connectivity index (χ1v) is 7.36. The number of hydrogen-bond acceptors (Lipinski definition) is 4. The fourth-order valence-corrected chi connectivity index (χ4v) is 3.04. The lowest BCUT2D eigenvalue weighted by Crippen LogP contribution is -2.27. The number of benzene rings is 1. The summed E-state index contributed by atoms with van der Waals surface area (Å²) in [6.45, 7) is 1.66. The van der Waals surface area contributed by atoms with E-state index in [9.17, 15) is 12.8 Å². The highest BCUT2D eigenvalue weighted by Crippen LogP contribution is 2.20. The average molecular weight is 295 g/mol. The van der Waals surface area contributed by atoms with Gasteiger partial charge in [-0.25, -0.2) is 17.5 Å². The topological polar surface area (TPSA) is 85.1 Å². The van der Waals surface area contributed by atoms with E-state index in [1.807, 2.05) is 0 Å². The SMILES string of the molecule is CC(NS(=O)(=O)c1cnccc1N)c1ccc(F)cc1. The first-order valence-electron chi connectivity index (χ1n) is 5.87. The summed E-state index contributed by atoms with van der Waals surface area (Å²) in [6.07, 6.45) is 2.60. The van der Waals surface area contributed by atoms with Gasteiger partial charge in [0.05, 0.1) is 5.69 Å². The monoisotopic (exact) mass is 295 g/mol. The predicted octanol–water partition coefficient (Wildman–Crippen LogP) is 1.84. The molecule has 20 heavy (non-hydrogen) atoms. The number of hydrogen-bond donors (Lipinski definition) is 2. The third kappa shape index (κ3) is 3.12. The molecule has 2 rings (SSSR count). The Kier molecular flexibility index (Phi) is 4.01. The second-order valence-electron chi connectivity index (χ2n) is 4.31. The van der Waals surface area contributed by atoms with Gasteiger partial charge >= 0.3 is 0 Å².